The van der Waals surface area contributed by atoms with Gasteiger partial charge in [0.15, 0.2) is 11.5 Å². The summed E-state index contributed by atoms with van der Waals surface area (Å²) in [6.45, 7) is -0.173. The van der Waals surface area contributed by atoms with Gasteiger partial charge in [0, 0.05) is 17.8 Å². The summed E-state index contributed by atoms with van der Waals surface area (Å²) >= 11 is 0.746. The van der Waals surface area contributed by atoms with E-state index >= 15 is 0 Å². The van der Waals surface area contributed by atoms with Gasteiger partial charge in [0.05, 0.1) is 23.5 Å². The number of hydrogen-bond donors (Lipinski definition) is 0. The van der Waals surface area contributed by atoms with Gasteiger partial charge in [0.2, 0.25) is 0 Å². The first kappa shape index (κ1) is 22.9. The molecule has 0 unspecified atom stereocenters. The summed E-state index contributed by atoms with van der Waals surface area (Å²) in [6.07, 6.45) is 2.86. The quantitative estimate of drug-likeness (QED) is 0.258. The summed E-state index contributed by atoms with van der Waals surface area (Å²) in [7, 11) is 1.39. The van der Waals surface area contributed by atoms with Gasteiger partial charge in [-0.05, 0) is 47.7 Å². The Bertz CT molecular complexity index is 1330. The van der Waals surface area contributed by atoms with Crippen molar-refractivity contribution in [2.45, 2.75) is 6.54 Å². The smallest absolute Gasteiger partial charge is 0.331 e. The van der Waals surface area contributed by atoms with E-state index in [1.54, 1.807) is 18.2 Å². The molecule has 1 aliphatic rings. The van der Waals surface area contributed by atoms with Crippen LogP contribution in [-0.2, 0) is 11.3 Å². The second-order valence-electron chi connectivity index (χ2n) is 6.96. The van der Waals surface area contributed by atoms with Crippen LogP contribution in [0.5, 0.6) is 17.4 Å². The van der Waals surface area contributed by atoms with E-state index in [9.17, 15) is 24.1 Å². The predicted octanol–water partition coefficient (Wildman–Crippen LogP) is 5.17. The lowest BCUT2D eigenvalue weighted by atomic mass is 10.1. The highest BCUT2D eigenvalue weighted by molar-refractivity contribution is 8.18. The molecule has 0 aliphatic carbocycles. The van der Waals surface area contributed by atoms with E-state index in [2.05, 4.69) is 4.98 Å². The number of imide groups is 1. The number of benzene rings is 2. The minimum Gasteiger partial charge on any atom is -0.493 e. The number of ether oxygens (including phenoxy) is 2. The highest BCUT2D eigenvalue weighted by Gasteiger charge is 2.35. The van der Waals surface area contributed by atoms with Gasteiger partial charge in [-0.2, -0.15) is 0 Å². The standard InChI is InChI=1S/C23H16FN3O6S/c1-32-19-11-14(8-9-18(19)33-21-17(27(30)31)7-4-10-25-21)12-20-22(28)26(23(29)34-20)13-15-5-2-3-6-16(15)24/h2-12H,13H2,1H3/b20-12-. The summed E-state index contributed by atoms with van der Waals surface area (Å²) in [5, 5.41) is 10.7. The molecular formula is C23H16FN3O6S. The number of amides is 2. The Morgan fingerprint density at radius 3 is 2.68 bits per heavy atom. The maximum atomic E-state index is 13.9. The normalized spacial score (nSPS) is 14.5. The molecule has 2 aromatic carbocycles. The molecule has 0 bridgehead atoms. The van der Waals surface area contributed by atoms with E-state index in [0.29, 0.717) is 5.56 Å². The molecule has 2 amide bonds. The van der Waals surface area contributed by atoms with Crippen molar-refractivity contribution < 1.29 is 28.4 Å². The summed E-state index contributed by atoms with van der Waals surface area (Å²) < 4.78 is 24.9. The number of nitro groups is 1. The lowest BCUT2D eigenvalue weighted by Crippen LogP contribution is -2.27. The van der Waals surface area contributed by atoms with Gasteiger partial charge < -0.3 is 9.47 Å². The third-order valence-electron chi connectivity index (χ3n) is 4.80. The van der Waals surface area contributed by atoms with Crippen molar-refractivity contribution in [2.75, 3.05) is 7.11 Å². The monoisotopic (exact) mass is 481 g/mol. The fourth-order valence-corrected chi connectivity index (χ4v) is 3.99. The van der Waals surface area contributed by atoms with Crippen LogP contribution < -0.4 is 9.47 Å². The van der Waals surface area contributed by atoms with Gasteiger partial charge in [0.1, 0.15) is 5.82 Å². The van der Waals surface area contributed by atoms with Crippen molar-refractivity contribution in [1.82, 2.24) is 9.88 Å². The number of pyridine rings is 1. The summed E-state index contributed by atoms with van der Waals surface area (Å²) in [6, 6.07) is 13.3. The highest BCUT2D eigenvalue weighted by atomic mass is 32.2. The van der Waals surface area contributed by atoms with Crippen LogP contribution in [0.3, 0.4) is 0 Å². The Morgan fingerprint density at radius 1 is 1.15 bits per heavy atom. The van der Waals surface area contributed by atoms with Gasteiger partial charge in [-0.25, -0.2) is 9.37 Å². The molecule has 0 radical (unpaired) electrons. The Hall–Kier alpha value is -4.25. The molecular weight excluding hydrogens is 465 g/mol. The lowest BCUT2D eigenvalue weighted by molar-refractivity contribution is -0.386. The first-order chi connectivity index (χ1) is 16.4. The first-order valence-corrected chi connectivity index (χ1v) is 10.6. The number of carbonyl (C=O) groups is 2. The fraction of sp³-hybridized carbons (Fsp3) is 0.0870. The van der Waals surface area contributed by atoms with Crippen molar-refractivity contribution in [1.29, 1.82) is 0 Å². The van der Waals surface area contributed by atoms with Crippen LogP contribution in [-0.4, -0.2) is 33.1 Å². The van der Waals surface area contributed by atoms with E-state index in [4.69, 9.17) is 9.47 Å². The molecule has 1 saturated heterocycles. The van der Waals surface area contributed by atoms with Gasteiger partial charge >= 0.3 is 5.69 Å². The van der Waals surface area contributed by atoms with Crippen LogP contribution in [0.2, 0.25) is 0 Å². The Balaban J connectivity index is 1.57. The SMILES string of the molecule is COc1cc(/C=C2\SC(=O)N(Cc3ccccc3F)C2=O)ccc1Oc1ncccc1[N+](=O)[O-]. The van der Waals surface area contributed by atoms with Gasteiger partial charge in [-0.3, -0.25) is 24.6 Å². The number of rotatable bonds is 7. The zero-order valence-corrected chi connectivity index (χ0v) is 18.5. The van der Waals surface area contributed by atoms with E-state index in [1.807, 2.05) is 0 Å². The van der Waals surface area contributed by atoms with Gasteiger partial charge in [-0.1, -0.05) is 24.3 Å². The van der Waals surface area contributed by atoms with Crippen molar-refractivity contribution in [3.05, 3.63) is 92.8 Å². The number of halogens is 1. The van der Waals surface area contributed by atoms with Crippen molar-refractivity contribution in [3.8, 4) is 17.4 Å². The fourth-order valence-electron chi connectivity index (χ4n) is 3.15. The van der Waals surface area contributed by atoms with Crippen molar-refractivity contribution in [2.24, 2.45) is 0 Å². The molecule has 0 spiro atoms. The highest BCUT2D eigenvalue weighted by Crippen LogP contribution is 2.37. The number of aromatic nitrogens is 1. The van der Waals surface area contributed by atoms with Gasteiger partial charge in [-0.15, -0.1) is 0 Å². The topological polar surface area (TPSA) is 112 Å². The molecule has 2 heterocycles. The molecule has 0 atom stereocenters. The van der Waals surface area contributed by atoms with Crippen LogP contribution in [0.25, 0.3) is 6.08 Å². The Morgan fingerprint density at radius 2 is 1.94 bits per heavy atom. The first-order valence-electron chi connectivity index (χ1n) is 9.81. The third kappa shape index (κ3) is 4.74. The molecule has 1 aromatic heterocycles. The van der Waals surface area contributed by atoms with Gasteiger partial charge in [0.25, 0.3) is 17.0 Å². The zero-order chi connectivity index (χ0) is 24.2. The molecule has 9 nitrogen and oxygen atoms in total. The molecule has 172 valence electrons. The zero-order valence-electron chi connectivity index (χ0n) is 17.6. The van der Waals surface area contributed by atoms with Crippen LogP contribution in [0.15, 0.2) is 65.7 Å². The second kappa shape index (κ2) is 9.71. The Labute approximate surface area is 197 Å². The van der Waals surface area contributed by atoms with E-state index in [0.717, 1.165) is 16.7 Å². The lowest BCUT2D eigenvalue weighted by Gasteiger charge is -2.13. The number of thioether (sulfide) groups is 1. The molecule has 0 N–H and O–H groups in total. The summed E-state index contributed by atoms with van der Waals surface area (Å²) in [4.78, 5) is 40.7. The van der Waals surface area contributed by atoms with Crippen LogP contribution in [0, 0.1) is 15.9 Å². The maximum Gasteiger partial charge on any atom is 0.331 e. The van der Waals surface area contributed by atoms with E-state index in [1.165, 1.54) is 55.8 Å². The minimum absolute atomic E-state index is 0.164. The molecule has 11 heteroatoms. The van der Waals surface area contributed by atoms with E-state index < -0.39 is 21.9 Å². The number of hydrogen-bond acceptors (Lipinski definition) is 8. The van der Waals surface area contributed by atoms with E-state index in [-0.39, 0.29) is 40.1 Å². The minimum atomic E-state index is -0.611. The largest absolute Gasteiger partial charge is 0.493 e. The average molecular weight is 481 g/mol. The molecule has 0 saturated carbocycles. The number of nitrogens with zero attached hydrogens (tertiary/aromatic N) is 3. The van der Waals surface area contributed by atoms with Crippen LogP contribution >= 0.6 is 11.8 Å². The summed E-state index contributed by atoms with van der Waals surface area (Å²) in [5.74, 6) is -0.832. The Kier molecular flexibility index (Phi) is 6.55. The predicted molar refractivity (Wildman–Crippen MR) is 122 cm³/mol. The number of methoxy groups -OCH3 is 1. The molecule has 1 fully saturated rings. The molecule has 1 aliphatic heterocycles. The van der Waals surface area contributed by atoms with Crippen LogP contribution in [0.1, 0.15) is 11.1 Å². The average Bonchev–Trinajstić information content (AvgIpc) is 3.08. The summed E-state index contributed by atoms with van der Waals surface area (Å²) in [5.41, 5.74) is 0.450. The second-order valence-corrected chi connectivity index (χ2v) is 7.95. The molecule has 34 heavy (non-hydrogen) atoms. The van der Waals surface area contributed by atoms with Crippen LogP contribution in [0.4, 0.5) is 14.9 Å². The van der Waals surface area contributed by atoms with Crippen molar-refractivity contribution >= 4 is 34.7 Å². The molecule has 4 rings (SSSR count). The van der Waals surface area contributed by atoms with Crippen molar-refractivity contribution in [3.63, 3.8) is 0 Å². The molecule has 3 aromatic rings. The third-order valence-corrected chi connectivity index (χ3v) is 5.71. The number of carbonyl (C=O) groups excluding carboxylic acids is 2. The maximum absolute atomic E-state index is 13.9.